The van der Waals surface area contributed by atoms with Crippen molar-refractivity contribution in [3.63, 3.8) is 0 Å². The van der Waals surface area contributed by atoms with Gasteiger partial charge in [0.05, 0.1) is 16.5 Å². The first kappa shape index (κ1) is 21.9. The highest BCUT2D eigenvalue weighted by Crippen LogP contribution is 2.30. The zero-order valence-electron chi connectivity index (χ0n) is 17.5. The summed E-state index contributed by atoms with van der Waals surface area (Å²) < 4.78 is 5.12. The molecule has 1 saturated heterocycles. The molecule has 9 heteroatoms. The predicted molar refractivity (Wildman–Crippen MR) is 114 cm³/mol. The van der Waals surface area contributed by atoms with Crippen LogP contribution in [-0.2, 0) is 19.1 Å². The monoisotopic (exact) mass is 425 g/mol. The van der Waals surface area contributed by atoms with Gasteiger partial charge in [0, 0.05) is 30.3 Å². The van der Waals surface area contributed by atoms with Crippen LogP contribution in [0.2, 0.25) is 0 Å². The number of carbonyl (C=O) groups is 3. The van der Waals surface area contributed by atoms with Gasteiger partial charge in [-0.3, -0.25) is 24.5 Å². The third-order valence-corrected chi connectivity index (χ3v) is 5.25. The molecule has 1 aliphatic heterocycles. The van der Waals surface area contributed by atoms with Crippen LogP contribution in [0.1, 0.15) is 23.1 Å². The van der Waals surface area contributed by atoms with Crippen molar-refractivity contribution < 1.29 is 24.0 Å². The van der Waals surface area contributed by atoms with E-state index in [9.17, 15) is 24.5 Å². The van der Waals surface area contributed by atoms with Gasteiger partial charge in [-0.25, -0.2) is 0 Å². The molecule has 0 saturated carbocycles. The Morgan fingerprint density at radius 1 is 1.16 bits per heavy atom. The number of ether oxygens (including phenoxy) is 1. The Morgan fingerprint density at radius 3 is 2.48 bits per heavy atom. The molecular formula is C22H23N3O6. The van der Waals surface area contributed by atoms with Crippen molar-refractivity contribution in [2.45, 2.75) is 27.2 Å². The van der Waals surface area contributed by atoms with Crippen molar-refractivity contribution in [1.29, 1.82) is 0 Å². The van der Waals surface area contributed by atoms with E-state index in [1.165, 1.54) is 11.0 Å². The highest BCUT2D eigenvalue weighted by Gasteiger charge is 2.37. The number of hydrogen-bond acceptors (Lipinski definition) is 6. The van der Waals surface area contributed by atoms with Crippen LogP contribution in [0.25, 0.3) is 0 Å². The fourth-order valence-corrected chi connectivity index (χ4v) is 3.52. The summed E-state index contributed by atoms with van der Waals surface area (Å²) in [5.74, 6) is -2.21. The van der Waals surface area contributed by atoms with Crippen LogP contribution < -0.4 is 10.2 Å². The van der Waals surface area contributed by atoms with E-state index in [0.717, 1.165) is 11.1 Å². The molecule has 0 aliphatic carbocycles. The molecule has 1 heterocycles. The SMILES string of the molecule is Cc1ccc(N2C[C@H](C(=O)OCC(=O)Nc3c(C)cccc3C)CC2=O)cc1[N+](=O)[O-]. The number of benzene rings is 2. The van der Waals surface area contributed by atoms with E-state index in [-0.39, 0.29) is 24.6 Å². The Labute approximate surface area is 179 Å². The number of anilines is 2. The predicted octanol–water partition coefficient (Wildman–Crippen LogP) is 3.05. The molecular weight excluding hydrogens is 402 g/mol. The molecule has 0 bridgehead atoms. The van der Waals surface area contributed by atoms with Gasteiger partial charge in [0.25, 0.3) is 11.6 Å². The Bertz CT molecular complexity index is 1040. The number of hydrogen-bond donors (Lipinski definition) is 1. The molecule has 0 spiro atoms. The molecule has 2 aromatic carbocycles. The lowest BCUT2D eigenvalue weighted by molar-refractivity contribution is -0.385. The molecule has 1 fully saturated rings. The van der Waals surface area contributed by atoms with Gasteiger partial charge in [-0.15, -0.1) is 0 Å². The topological polar surface area (TPSA) is 119 Å². The minimum Gasteiger partial charge on any atom is -0.455 e. The largest absolute Gasteiger partial charge is 0.455 e. The maximum atomic E-state index is 12.4. The van der Waals surface area contributed by atoms with Gasteiger partial charge >= 0.3 is 5.97 Å². The van der Waals surface area contributed by atoms with Crippen molar-refractivity contribution in [2.24, 2.45) is 5.92 Å². The minimum absolute atomic E-state index is 0.0381. The Kier molecular flexibility index (Phi) is 6.33. The second-order valence-electron chi connectivity index (χ2n) is 7.56. The lowest BCUT2D eigenvalue weighted by Gasteiger charge is -2.17. The van der Waals surface area contributed by atoms with Crippen LogP contribution in [0.15, 0.2) is 36.4 Å². The normalized spacial score (nSPS) is 15.6. The summed E-state index contributed by atoms with van der Waals surface area (Å²) in [5.41, 5.74) is 3.19. The van der Waals surface area contributed by atoms with Gasteiger partial charge in [0.15, 0.2) is 6.61 Å². The molecule has 1 aliphatic rings. The second-order valence-corrected chi connectivity index (χ2v) is 7.56. The van der Waals surface area contributed by atoms with Gasteiger partial charge in [0.1, 0.15) is 0 Å². The Morgan fingerprint density at radius 2 is 1.84 bits per heavy atom. The number of aryl methyl sites for hydroxylation is 3. The van der Waals surface area contributed by atoms with Crippen LogP contribution in [0, 0.1) is 36.8 Å². The molecule has 2 amide bonds. The van der Waals surface area contributed by atoms with Crippen LogP contribution in [0.3, 0.4) is 0 Å². The van der Waals surface area contributed by atoms with Crippen LogP contribution >= 0.6 is 0 Å². The van der Waals surface area contributed by atoms with E-state index in [0.29, 0.717) is 16.9 Å². The average Bonchev–Trinajstić information content (AvgIpc) is 3.11. The number of nitrogens with zero attached hydrogens (tertiary/aromatic N) is 2. The van der Waals surface area contributed by atoms with Crippen molar-refractivity contribution in [3.8, 4) is 0 Å². The van der Waals surface area contributed by atoms with E-state index in [1.807, 2.05) is 32.0 Å². The molecule has 162 valence electrons. The fourth-order valence-electron chi connectivity index (χ4n) is 3.52. The lowest BCUT2D eigenvalue weighted by atomic mass is 10.1. The second kappa shape index (κ2) is 8.95. The van der Waals surface area contributed by atoms with Crippen molar-refractivity contribution >= 4 is 34.8 Å². The summed E-state index contributed by atoms with van der Waals surface area (Å²) in [4.78, 5) is 48.9. The molecule has 31 heavy (non-hydrogen) atoms. The first-order chi connectivity index (χ1) is 14.7. The van der Waals surface area contributed by atoms with Crippen LogP contribution in [-0.4, -0.2) is 35.9 Å². The standard InChI is InChI=1S/C22H23N3O6/c1-13-7-8-17(10-18(13)25(29)30)24-11-16(9-20(24)27)22(28)31-12-19(26)23-21-14(2)5-4-6-15(21)3/h4-8,10,16H,9,11-12H2,1-3H3,(H,23,26)/t16-/m1/s1. The number of carbonyl (C=O) groups excluding carboxylic acids is 3. The molecule has 0 unspecified atom stereocenters. The number of rotatable bonds is 6. The highest BCUT2D eigenvalue weighted by atomic mass is 16.6. The summed E-state index contributed by atoms with van der Waals surface area (Å²) in [6.07, 6.45) is -0.0843. The quantitative estimate of drug-likeness (QED) is 0.432. The Hall–Kier alpha value is -3.75. The first-order valence-corrected chi connectivity index (χ1v) is 9.75. The summed E-state index contributed by atoms with van der Waals surface area (Å²) in [6.45, 7) is 4.91. The smallest absolute Gasteiger partial charge is 0.311 e. The molecule has 1 atom stereocenters. The number of nitro groups is 1. The molecule has 0 radical (unpaired) electrons. The van der Waals surface area contributed by atoms with Crippen molar-refractivity contribution in [3.05, 3.63) is 63.2 Å². The maximum Gasteiger partial charge on any atom is 0.311 e. The van der Waals surface area contributed by atoms with Gasteiger partial charge < -0.3 is 15.0 Å². The molecule has 1 N–H and O–H groups in total. The number of amides is 2. The maximum absolute atomic E-state index is 12.4. The van der Waals surface area contributed by atoms with Crippen LogP contribution in [0.4, 0.5) is 17.1 Å². The fraction of sp³-hybridized carbons (Fsp3) is 0.318. The molecule has 3 rings (SSSR count). The molecule has 0 aromatic heterocycles. The Balaban J connectivity index is 1.60. The number of esters is 1. The average molecular weight is 425 g/mol. The molecule has 2 aromatic rings. The number of nitro benzene ring substituents is 1. The van der Waals surface area contributed by atoms with Gasteiger partial charge in [-0.2, -0.15) is 0 Å². The highest BCUT2D eigenvalue weighted by molar-refractivity contribution is 6.00. The third-order valence-electron chi connectivity index (χ3n) is 5.25. The summed E-state index contributed by atoms with van der Waals surface area (Å²) in [7, 11) is 0. The van der Waals surface area contributed by atoms with Crippen molar-refractivity contribution in [1.82, 2.24) is 0 Å². The minimum atomic E-state index is -0.749. The third kappa shape index (κ3) is 4.88. The lowest BCUT2D eigenvalue weighted by Crippen LogP contribution is -2.28. The van der Waals surface area contributed by atoms with E-state index < -0.39 is 29.3 Å². The van der Waals surface area contributed by atoms with Gasteiger partial charge in [-0.1, -0.05) is 24.3 Å². The summed E-state index contributed by atoms with van der Waals surface area (Å²) in [5, 5.41) is 13.9. The van der Waals surface area contributed by atoms with Gasteiger partial charge in [-0.05, 0) is 38.0 Å². The number of para-hydroxylation sites is 1. The van der Waals surface area contributed by atoms with E-state index >= 15 is 0 Å². The zero-order chi connectivity index (χ0) is 22.7. The molecule has 9 nitrogen and oxygen atoms in total. The van der Waals surface area contributed by atoms with E-state index in [4.69, 9.17) is 4.74 Å². The van der Waals surface area contributed by atoms with E-state index in [1.54, 1.807) is 19.1 Å². The van der Waals surface area contributed by atoms with Gasteiger partial charge in [0.2, 0.25) is 5.91 Å². The van der Waals surface area contributed by atoms with E-state index in [2.05, 4.69) is 5.32 Å². The number of nitrogens with one attached hydrogen (secondary N) is 1. The zero-order valence-corrected chi connectivity index (χ0v) is 17.5. The van der Waals surface area contributed by atoms with Crippen LogP contribution in [0.5, 0.6) is 0 Å². The summed E-state index contributed by atoms with van der Waals surface area (Å²) in [6, 6.07) is 10.1. The van der Waals surface area contributed by atoms with Crippen molar-refractivity contribution in [2.75, 3.05) is 23.4 Å². The summed E-state index contributed by atoms with van der Waals surface area (Å²) >= 11 is 0. The first-order valence-electron chi connectivity index (χ1n) is 9.75.